The number of alkyl halides is 2. The third-order valence-electron chi connectivity index (χ3n) is 2.49. The third-order valence-corrected chi connectivity index (χ3v) is 2.49. The Hall–Kier alpha value is -2.24. The highest BCUT2D eigenvalue weighted by Crippen LogP contribution is 2.23. The van der Waals surface area contributed by atoms with E-state index < -0.39 is 23.7 Å². The predicted molar refractivity (Wildman–Crippen MR) is 59.7 cm³/mol. The molecule has 0 radical (unpaired) electrons. The Bertz CT molecular complexity index is 552. The molecule has 0 aliphatic carbocycles. The largest absolute Gasteiger partial charge is 0.478 e. The zero-order valence-electron chi connectivity index (χ0n) is 9.25. The molecule has 0 bridgehead atoms. The second-order valence-electron chi connectivity index (χ2n) is 3.69. The number of halogens is 2. The second kappa shape index (κ2) is 4.95. The highest BCUT2D eigenvalue weighted by atomic mass is 19.3. The molecule has 18 heavy (non-hydrogen) atoms. The van der Waals surface area contributed by atoms with Crippen molar-refractivity contribution in [2.45, 2.75) is 13.0 Å². The van der Waals surface area contributed by atoms with Crippen molar-refractivity contribution < 1.29 is 18.7 Å². The van der Waals surface area contributed by atoms with E-state index in [0.29, 0.717) is 0 Å². The fraction of sp³-hybridized carbons (Fsp3) is 0.167. The third kappa shape index (κ3) is 2.37. The van der Waals surface area contributed by atoms with Crippen molar-refractivity contribution in [2.24, 2.45) is 0 Å². The number of benzene rings is 1. The second-order valence-corrected chi connectivity index (χ2v) is 3.69. The van der Waals surface area contributed by atoms with Crippen molar-refractivity contribution in [3.63, 3.8) is 0 Å². The van der Waals surface area contributed by atoms with E-state index in [1.54, 1.807) is 24.3 Å². The minimum atomic E-state index is -2.87. The molecule has 0 aliphatic rings. The molecule has 0 spiro atoms. The quantitative estimate of drug-likeness (QED) is 0.909. The molecular weight excluding hydrogens is 242 g/mol. The number of carboxylic acid groups (broad SMARTS) is 1. The normalized spacial score (nSPS) is 10.8. The van der Waals surface area contributed by atoms with Gasteiger partial charge in [-0.15, -0.1) is 0 Å². The highest BCUT2D eigenvalue weighted by molar-refractivity contribution is 5.88. The highest BCUT2D eigenvalue weighted by Gasteiger charge is 2.24. The van der Waals surface area contributed by atoms with Gasteiger partial charge in [0.2, 0.25) is 0 Å². The zero-order chi connectivity index (χ0) is 13.1. The first kappa shape index (κ1) is 12.2. The fourth-order valence-corrected chi connectivity index (χ4v) is 1.67. The number of nitrogens with zero attached hydrogens (tertiary/aromatic N) is 2. The average molecular weight is 252 g/mol. The van der Waals surface area contributed by atoms with Gasteiger partial charge >= 0.3 is 5.97 Å². The summed E-state index contributed by atoms with van der Waals surface area (Å²) in [6.07, 6.45) is -1.92. The van der Waals surface area contributed by atoms with Crippen LogP contribution in [0, 0.1) is 0 Å². The molecule has 2 aromatic rings. The van der Waals surface area contributed by atoms with Crippen molar-refractivity contribution in [3.8, 4) is 0 Å². The summed E-state index contributed by atoms with van der Waals surface area (Å²) >= 11 is 0. The molecule has 0 amide bonds. The van der Waals surface area contributed by atoms with Crippen LogP contribution in [-0.2, 0) is 6.54 Å². The van der Waals surface area contributed by atoms with Gasteiger partial charge in [-0.05, 0) is 5.56 Å². The van der Waals surface area contributed by atoms with E-state index >= 15 is 0 Å². The predicted octanol–water partition coefficient (Wildman–Crippen LogP) is 2.57. The first-order valence-corrected chi connectivity index (χ1v) is 5.20. The van der Waals surface area contributed by atoms with Crippen LogP contribution in [0.15, 0.2) is 36.5 Å². The molecular formula is C12H10F2N2O2. The lowest BCUT2D eigenvalue weighted by Crippen LogP contribution is -2.09. The SMILES string of the molecule is O=C(O)c1cnn(Cc2ccccc2)c1C(F)F. The Labute approximate surface area is 101 Å². The summed E-state index contributed by atoms with van der Waals surface area (Å²) in [7, 11) is 0. The van der Waals surface area contributed by atoms with Gasteiger partial charge in [0.1, 0.15) is 11.3 Å². The van der Waals surface area contributed by atoms with Crippen LogP contribution >= 0.6 is 0 Å². The van der Waals surface area contributed by atoms with Gasteiger partial charge in [0, 0.05) is 0 Å². The number of carbonyl (C=O) groups is 1. The topological polar surface area (TPSA) is 55.1 Å². The monoisotopic (exact) mass is 252 g/mol. The summed E-state index contributed by atoms with van der Waals surface area (Å²) in [6, 6.07) is 8.88. The lowest BCUT2D eigenvalue weighted by atomic mass is 10.2. The number of aromatic carboxylic acids is 1. The molecule has 2 rings (SSSR count). The summed E-state index contributed by atoms with van der Waals surface area (Å²) in [5.41, 5.74) is -0.244. The van der Waals surface area contributed by atoms with Gasteiger partial charge in [-0.25, -0.2) is 13.6 Å². The van der Waals surface area contributed by atoms with Crippen LogP contribution in [-0.4, -0.2) is 20.9 Å². The van der Waals surface area contributed by atoms with Crippen molar-refractivity contribution in [1.82, 2.24) is 9.78 Å². The zero-order valence-corrected chi connectivity index (χ0v) is 9.25. The Morgan fingerprint density at radius 1 is 1.33 bits per heavy atom. The fourth-order valence-electron chi connectivity index (χ4n) is 1.67. The number of aromatic nitrogens is 2. The lowest BCUT2D eigenvalue weighted by Gasteiger charge is -2.07. The molecule has 0 atom stereocenters. The van der Waals surface area contributed by atoms with Crippen LogP contribution in [0.5, 0.6) is 0 Å². The van der Waals surface area contributed by atoms with Crippen LogP contribution in [0.1, 0.15) is 28.0 Å². The molecule has 0 aliphatic heterocycles. The summed E-state index contributed by atoms with van der Waals surface area (Å²) in [5, 5.41) is 12.5. The molecule has 1 heterocycles. The van der Waals surface area contributed by atoms with E-state index in [1.165, 1.54) is 0 Å². The van der Waals surface area contributed by atoms with Gasteiger partial charge in [0.25, 0.3) is 6.43 Å². The summed E-state index contributed by atoms with van der Waals surface area (Å²) in [5.74, 6) is -1.40. The van der Waals surface area contributed by atoms with Crippen molar-refractivity contribution in [2.75, 3.05) is 0 Å². The van der Waals surface area contributed by atoms with Crippen molar-refractivity contribution in [1.29, 1.82) is 0 Å². The van der Waals surface area contributed by atoms with Crippen molar-refractivity contribution in [3.05, 3.63) is 53.3 Å². The minimum Gasteiger partial charge on any atom is -0.478 e. The molecule has 4 nitrogen and oxygen atoms in total. The van der Waals surface area contributed by atoms with Gasteiger partial charge < -0.3 is 5.11 Å². The first-order valence-electron chi connectivity index (χ1n) is 5.20. The van der Waals surface area contributed by atoms with E-state index in [9.17, 15) is 13.6 Å². The molecule has 0 unspecified atom stereocenters. The van der Waals surface area contributed by atoms with Gasteiger partial charge in [-0.2, -0.15) is 5.10 Å². The van der Waals surface area contributed by atoms with Crippen LogP contribution in [0.4, 0.5) is 8.78 Å². The smallest absolute Gasteiger partial charge is 0.339 e. The Morgan fingerprint density at radius 3 is 2.56 bits per heavy atom. The molecule has 94 valence electrons. The van der Waals surface area contributed by atoms with Crippen molar-refractivity contribution >= 4 is 5.97 Å². The van der Waals surface area contributed by atoms with Gasteiger partial charge in [0.15, 0.2) is 0 Å². The Kier molecular flexibility index (Phi) is 3.36. The summed E-state index contributed by atoms with van der Waals surface area (Å²) in [6.45, 7) is 0.119. The van der Waals surface area contributed by atoms with Gasteiger partial charge in [-0.3, -0.25) is 4.68 Å². The van der Waals surface area contributed by atoms with E-state index in [0.717, 1.165) is 16.4 Å². The minimum absolute atomic E-state index is 0.119. The number of hydrogen-bond acceptors (Lipinski definition) is 2. The summed E-state index contributed by atoms with van der Waals surface area (Å²) in [4.78, 5) is 10.8. The Balaban J connectivity index is 2.37. The molecule has 1 aromatic heterocycles. The molecule has 1 N–H and O–H groups in total. The van der Waals surface area contributed by atoms with Gasteiger partial charge in [-0.1, -0.05) is 30.3 Å². The molecule has 0 fully saturated rings. The first-order chi connectivity index (χ1) is 8.59. The number of hydrogen-bond donors (Lipinski definition) is 1. The van der Waals surface area contributed by atoms with E-state index in [-0.39, 0.29) is 6.54 Å². The standard InChI is InChI=1S/C12H10F2N2O2/c13-11(14)10-9(12(17)18)6-15-16(10)7-8-4-2-1-3-5-8/h1-6,11H,7H2,(H,17,18). The molecule has 0 saturated carbocycles. The van der Waals surface area contributed by atoms with Crippen LogP contribution < -0.4 is 0 Å². The maximum absolute atomic E-state index is 12.9. The van der Waals surface area contributed by atoms with Crippen LogP contribution in [0.2, 0.25) is 0 Å². The summed E-state index contributed by atoms with van der Waals surface area (Å²) < 4.78 is 26.7. The lowest BCUT2D eigenvalue weighted by molar-refractivity contribution is 0.0682. The number of carboxylic acids is 1. The average Bonchev–Trinajstić information content (AvgIpc) is 2.74. The van der Waals surface area contributed by atoms with Crippen LogP contribution in [0.3, 0.4) is 0 Å². The van der Waals surface area contributed by atoms with E-state index in [1.807, 2.05) is 6.07 Å². The number of rotatable bonds is 4. The molecule has 0 saturated heterocycles. The Morgan fingerprint density at radius 2 is 2.00 bits per heavy atom. The van der Waals surface area contributed by atoms with E-state index in [4.69, 9.17) is 5.11 Å². The van der Waals surface area contributed by atoms with Crippen LogP contribution in [0.25, 0.3) is 0 Å². The maximum atomic E-state index is 12.9. The maximum Gasteiger partial charge on any atom is 0.339 e. The molecule has 1 aromatic carbocycles. The van der Waals surface area contributed by atoms with Gasteiger partial charge in [0.05, 0.1) is 12.7 Å². The molecule has 6 heteroatoms. The van der Waals surface area contributed by atoms with E-state index in [2.05, 4.69) is 5.10 Å².